The highest BCUT2D eigenvalue weighted by molar-refractivity contribution is 8.16. The lowest BCUT2D eigenvalue weighted by atomic mass is 10.1. The minimum absolute atomic E-state index is 0.563. The van der Waals surface area contributed by atoms with Crippen LogP contribution in [0.5, 0.6) is 5.75 Å². The van der Waals surface area contributed by atoms with E-state index in [1.54, 1.807) is 18.4 Å². The molecule has 1 atom stereocenters. The fourth-order valence-corrected chi connectivity index (χ4v) is 6.46. The van der Waals surface area contributed by atoms with Gasteiger partial charge in [0.15, 0.2) is 6.42 Å². The first kappa shape index (κ1) is 18.2. The summed E-state index contributed by atoms with van der Waals surface area (Å²) in [5.74, 6) is 0.810. The maximum atomic E-state index is 5.99. The van der Waals surface area contributed by atoms with Crippen molar-refractivity contribution < 1.29 is 9.26 Å². The van der Waals surface area contributed by atoms with E-state index in [4.69, 9.17) is 21.1 Å². The van der Waals surface area contributed by atoms with E-state index < -0.39 is 6.42 Å². The third-order valence-corrected chi connectivity index (χ3v) is 8.04. The van der Waals surface area contributed by atoms with Crippen LogP contribution in [0.25, 0.3) is 11.1 Å². The summed E-state index contributed by atoms with van der Waals surface area (Å²) in [7, 11) is 1.66. The maximum Gasteiger partial charge on any atom is 0.183 e. The van der Waals surface area contributed by atoms with Crippen LogP contribution in [0.4, 0.5) is 5.00 Å². The van der Waals surface area contributed by atoms with Crippen LogP contribution in [0.2, 0.25) is 0 Å². The van der Waals surface area contributed by atoms with Gasteiger partial charge in [-0.3, -0.25) is 0 Å². The van der Waals surface area contributed by atoms with Gasteiger partial charge in [-0.05, 0) is 60.2 Å². The smallest absolute Gasteiger partial charge is 0.183 e. The molecule has 0 aliphatic rings. The molecule has 0 saturated heterocycles. The van der Waals surface area contributed by atoms with E-state index in [9.17, 15) is 0 Å². The number of nitrogens with one attached hydrogen (secondary N) is 1. The molecule has 3 nitrogen and oxygen atoms in total. The molecule has 1 N–H and O–H groups in total. The Morgan fingerprint density at radius 2 is 1.76 bits per heavy atom. The molecule has 130 valence electrons. The molecular formula is C19H20NO2PS2. The van der Waals surface area contributed by atoms with Crippen molar-refractivity contribution in [2.75, 3.05) is 18.8 Å². The molecule has 0 bridgehead atoms. The van der Waals surface area contributed by atoms with E-state index in [1.165, 1.54) is 11.1 Å². The van der Waals surface area contributed by atoms with Gasteiger partial charge in [0.1, 0.15) is 5.75 Å². The van der Waals surface area contributed by atoms with E-state index in [1.807, 2.05) is 49.4 Å². The largest absolute Gasteiger partial charge is 0.497 e. The number of hydrogen-bond acceptors (Lipinski definition) is 4. The molecule has 0 amide bonds. The van der Waals surface area contributed by atoms with E-state index in [-0.39, 0.29) is 0 Å². The van der Waals surface area contributed by atoms with Crippen molar-refractivity contribution in [3.63, 3.8) is 0 Å². The van der Waals surface area contributed by atoms with Gasteiger partial charge in [0.2, 0.25) is 0 Å². The first-order chi connectivity index (χ1) is 12.1. The summed E-state index contributed by atoms with van der Waals surface area (Å²) < 4.78 is 11.2. The fourth-order valence-electron chi connectivity index (χ4n) is 2.45. The van der Waals surface area contributed by atoms with Gasteiger partial charge in [-0.25, -0.2) is 0 Å². The minimum Gasteiger partial charge on any atom is -0.497 e. The van der Waals surface area contributed by atoms with Crippen molar-refractivity contribution in [1.29, 1.82) is 0 Å². The van der Waals surface area contributed by atoms with Gasteiger partial charge >= 0.3 is 0 Å². The molecule has 1 unspecified atom stereocenters. The summed E-state index contributed by atoms with van der Waals surface area (Å²) >= 11 is 7.54. The zero-order valence-corrected chi connectivity index (χ0v) is 16.7. The average Bonchev–Trinajstić information content (AvgIpc) is 3.11. The van der Waals surface area contributed by atoms with Crippen LogP contribution in [0.1, 0.15) is 6.92 Å². The molecule has 0 aliphatic heterocycles. The second-order valence-corrected chi connectivity index (χ2v) is 9.90. The average molecular weight is 389 g/mol. The Labute approximate surface area is 157 Å². The summed E-state index contributed by atoms with van der Waals surface area (Å²) in [5.41, 5.74) is 2.38. The van der Waals surface area contributed by atoms with Crippen LogP contribution >= 0.6 is 17.8 Å². The van der Waals surface area contributed by atoms with E-state index in [0.717, 1.165) is 16.1 Å². The van der Waals surface area contributed by atoms with Gasteiger partial charge in [-0.2, -0.15) is 0 Å². The summed E-state index contributed by atoms with van der Waals surface area (Å²) in [4.78, 5) is 0. The van der Waals surface area contributed by atoms with Crippen molar-refractivity contribution in [3.05, 3.63) is 66.0 Å². The third-order valence-electron chi connectivity index (χ3n) is 3.69. The second kappa shape index (κ2) is 8.15. The van der Waals surface area contributed by atoms with E-state index in [0.29, 0.717) is 6.61 Å². The summed E-state index contributed by atoms with van der Waals surface area (Å²) in [6, 6.07) is 20.2. The Morgan fingerprint density at radius 3 is 2.40 bits per heavy atom. The SMILES string of the molecule is CCOP(=S)(Nc1cc(-c2ccccc2)cs1)c1ccc(OC)cc1. The quantitative estimate of drug-likeness (QED) is 0.540. The normalized spacial score (nSPS) is 13.2. The van der Waals surface area contributed by atoms with Crippen molar-refractivity contribution >= 4 is 39.9 Å². The highest BCUT2D eigenvalue weighted by Gasteiger charge is 2.21. The molecule has 0 fully saturated rings. The van der Waals surface area contributed by atoms with Crippen molar-refractivity contribution in [3.8, 4) is 16.9 Å². The third kappa shape index (κ3) is 4.31. The molecule has 2 aromatic carbocycles. The van der Waals surface area contributed by atoms with Crippen LogP contribution in [0.15, 0.2) is 66.0 Å². The highest BCUT2D eigenvalue weighted by Crippen LogP contribution is 2.48. The van der Waals surface area contributed by atoms with Crippen molar-refractivity contribution in [2.24, 2.45) is 0 Å². The van der Waals surface area contributed by atoms with E-state index >= 15 is 0 Å². The second-order valence-electron chi connectivity index (χ2n) is 5.34. The van der Waals surface area contributed by atoms with Crippen molar-refractivity contribution in [1.82, 2.24) is 0 Å². The number of ether oxygens (including phenoxy) is 1. The number of thiophene rings is 1. The number of methoxy groups -OCH3 is 1. The van der Waals surface area contributed by atoms with Crippen molar-refractivity contribution in [2.45, 2.75) is 6.92 Å². The molecule has 1 aromatic heterocycles. The fraction of sp³-hybridized carbons (Fsp3) is 0.158. The lowest BCUT2D eigenvalue weighted by Crippen LogP contribution is -2.13. The predicted octanol–water partition coefficient (Wildman–Crippen LogP) is 5.51. The number of benzene rings is 2. The first-order valence-corrected chi connectivity index (χ1v) is 11.6. The molecule has 1 heterocycles. The minimum atomic E-state index is -2.36. The first-order valence-electron chi connectivity index (χ1n) is 7.96. The molecule has 0 radical (unpaired) electrons. The number of hydrogen-bond donors (Lipinski definition) is 1. The molecule has 0 aliphatic carbocycles. The zero-order valence-electron chi connectivity index (χ0n) is 14.1. The molecule has 3 rings (SSSR count). The lowest BCUT2D eigenvalue weighted by molar-refractivity contribution is 0.384. The zero-order chi connectivity index (χ0) is 17.7. The lowest BCUT2D eigenvalue weighted by Gasteiger charge is -2.23. The molecule has 25 heavy (non-hydrogen) atoms. The summed E-state index contributed by atoms with van der Waals surface area (Å²) in [6.45, 7) is 2.53. The molecule has 0 spiro atoms. The molecule has 0 saturated carbocycles. The van der Waals surface area contributed by atoms with Gasteiger partial charge in [0, 0.05) is 10.7 Å². The van der Waals surface area contributed by atoms with Crippen LogP contribution in [-0.2, 0) is 16.3 Å². The van der Waals surface area contributed by atoms with Gasteiger partial charge < -0.3 is 14.3 Å². The van der Waals surface area contributed by atoms with Gasteiger partial charge in [0.05, 0.1) is 18.7 Å². The highest BCUT2D eigenvalue weighted by atomic mass is 32.4. The monoisotopic (exact) mass is 389 g/mol. The van der Waals surface area contributed by atoms with E-state index in [2.05, 4.69) is 28.7 Å². The topological polar surface area (TPSA) is 30.5 Å². The van der Waals surface area contributed by atoms with Gasteiger partial charge in [-0.15, -0.1) is 11.3 Å². The molecular weight excluding hydrogens is 369 g/mol. The van der Waals surface area contributed by atoms with Crippen LogP contribution in [0, 0.1) is 0 Å². The maximum absolute atomic E-state index is 5.99. The Bertz CT molecular complexity index is 863. The van der Waals surface area contributed by atoms with Crippen LogP contribution in [0.3, 0.4) is 0 Å². The number of anilines is 1. The van der Waals surface area contributed by atoms with Gasteiger partial charge in [0.25, 0.3) is 0 Å². The standard InChI is InChI=1S/C19H20NO2PS2/c1-3-22-23(24,18-11-9-17(21-2)10-12-18)20-19-13-16(14-25-19)15-7-5-4-6-8-15/h4-14H,3H2,1-2H3,(H,20,24). The Balaban J connectivity index is 1.86. The summed E-state index contributed by atoms with van der Waals surface area (Å²) in [6.07, 6.45) is -2.36. The van der Waals surface area contributed by atoms with Crippen LogP contribution < -0.4 is 15.1 Å². The summed E-state index contributed by atoms with van der Waals surface area (Å²) in [5, 5.41) is 7.62. The number of rotatable bonds is 7. The Hall–Kier alpha value is -1.65. The van der Waals surface area contributed by atoms with Gasteiger partial charge in [-0.1, -0.05) is 30.3 Å². The Morgan fingerprint density at radius 1 is 1.04 bits per heavy atom. The predicted molar refractivity (Wildman–Crippen MR) is 112 cm³/mol. The molecule has 6 heteroatoms. The Kier molecular flexibility index (Phi) is 5.92. The van der Waals surface area contributed by atoms with Crippen LogP contribution in [-0.4, -0.2) is 13.7 Å². The molecule has 3 aromatic rings.